The Balaban J connectivity index is 1.50. The average Bonchev–Trinajstić information content (AvgIpc) is 3.74. The Hall–Kier alpha value is -6.27. The number of amides is 2. The van der Waals surface area contributed by atoms with Crippen molar-refractivity contribution in [3.63, 3.8) is 0 Å². The molecule has 0 unspecified atom stereocenters. The number of nitrogens with zero attached hydrogens (tertiary/aromatic N) is 6. The highest BCUT2D eigenvalue weighted by molar-refractivity contribution is 7.93. The van der Waals surface area contributed by atoms with Crippen molar-refractivity contribution in [2.75, 3.05) is 23.4 Å². The van der Waals surface area contributed by atoms with Gasteiger partial charge in [0.25, 0.3) is 5.92 Å². The Bertz CT molecular complexity index is 3330. The van der Waals surface area contributed by atoms with Gasteiger partial charge in [0.05, 0.1) is 40.5 Å². The predicted molar refractivity (Wildman–Crippen MR) is 232 cm³/mol. The summed E-state index contributed by atoms with van der Waals surface area (Å²) in [6.45, 7) is -0.114. The molecule has 1 fully saturated rings. The number of hydrogen-bond acceptors (Lipinski definition) is 11. The molecule has 2 aliphatic rings. The first-order valence-electron chi connectivity index (χ1n) is 20.7. The number of ether oxygens (including phenoxy) is 1. The van der Waals surface area contributed by atoms with Crippen LogP contribution in [-0.4, -0.2) is 89.2 Å². The van der Waals surface area contributed by atoms with Crippen LogP contribution in [0.25, 0.3) is 22.0 Å². The number of anilines is 1. The van der Waals surface area contributed by atoms with E-state index in [1.165, 1.54) is 20.8 Å². The van der Waals surface area contributed by atoms with E-state index in [0.717, 1.165) is 42.7 Å². The molecule has 1 saturated carbocycles. The summed E-state index contributed by atoms with van der Waals surface area (Å²) in [5, 5.41) is 8.28. The summed E-state index contributed by atoms with van der Waals surface area (Å²) in [5.74, 6) is -10.0. The second kappa shape index (κ2) is 18.1. The second-order valence-electron chi connectivity index (χ2n) is 17.1. The van der Waals surface area contributed by atoms with Crippen LogP contribution in [0, 0.1) is 29.4 Å². The van der Waals surface area contributed by atoms with Crippen LogP contribution in [0.3, 0.4) is 0 Å². The van der Waals surface area contributed by atoms with Gasteiger partial charge in [-0.3, -0.25) is 19.0 Å². The minimum atomic E-state index is -5.23. The fourth-order valence-corrected chi connectivity index (χ4v) is 9.37. The summed E-state index contributed by atoms with van der Waals surface area (Å²) in [6, 6.07) is 4.49. The molecule has 1 N–H and O–H groups in total. The SMILES string of the molecule is CCOC(=O)C(=O)N(c1nn(CC(F)(F)F)c2c(-c3ccc(C#CC(C)(C)S(C)(=O)=O)nc3[C@H](Cc3cc(F)cc(F)c3)NC(=O)Cn3nc(C(F)(F)F)c4c3C(F)(F)[C@@H]3C[C@H]43)ccc(Cl)c12)S(C)(=O)=O. The Labute approximate surface area is 401 Å². The number of rotatable bonds is 12. The summed E-state index contributed by atoms with van der Waals surface area (Å²) >= 11 is 6.55. The van der Waals surface area contributed by atoms with E-state index >= 15 is 8.78 Å². The molecule has 0 bridgehead atoms. The van der Waals surface area contributed by atoms with Gasteiger partial charge in [-0.1, -0.05) is 23.6 Å². The van der Waals surface area contributed by atoms with Crippen molar-refractivity contribution in [2.45, 2.75) is 81.7 Å². The predicted octanol–water partition coefficient (Wildman–Crippen LogP) is 7.15. The van der Waals surface area contributed by atoms with Gasteiger partial charge in [0, 0.05) is 34.9 Å². The first kappa shape index (κ1) is 52.6. The first-order chi connectivity index (χ1) is 32.6. The minimum absolute atomic E-state index is 0.172. The molecule has 0 saturated heterocycles. The number of alkyl halides is 8. The van der Waals surface area contributed by atoms with Crippen LogP contribution >= 0.6 is 11.6 Å². The van der Waals surface area contributed by atoms with Crippen molar-refractivity contribution in [3.8, 4) is 23.0 Å². The molecule has 5 aromatic rings. The van der Waals surface area contributed by atoms with E-state index in [2.05, 4.69) is 37.1 Å². The van der Waals surface area contributed by atoms with Crippen LogP contribution in [0.2, 0.25) is 5.02 Å². The zero-order chi connectivity index (χ0) is 52.7. The van der Waals surface area contributed by atoms with Gasteiger partial charge in [0.2, 0.25) is 15.9 Å². The van der Waals surface area contributed by atoms with Gasteiger partial charge in [-0.05, 0) is 81.3 Å². The lowest BCUT2D eigenvalue weighted by Gasteiger charge is -2.23. The number of fused-ring (bicyclic) bond motifs is 4. The lowest BCUT2D eigenvalue weighted by Crippen LogP contribution is -2.42. The van der Waals surface area contributed by atoms with E-state index in [4.69, 9.17) is 11.6 Å². The smallest absolute Gasteiger partial charge is 0.435 e. The van der Waals surface area contributed by atoms with Gasteiger partial charge in [-0.15, -0.1) is 0 Å². The molecule has 0 aliphatic heterocycles. The van der Waals surface area contributed by atoms with Crippen molar-refractivity contribution in [1.29, 1.82) is 0 Å². The van der Waals surface area contributed by atoms with Crippen LogP contribution in [0.4, 0.5) is 49.7 Å². The molecular weight excluding hydrogens is 1030 g/mol. The molecule has 380 valence electrons. The Morgan fingerprint density at radius 3 is 2.17 bits per heavy atom. The fourth-order valence-electron chi connectivity index (χ4n) is 8.08. The molecule has 2 amide bonds. The van der Waals surface area contributed by atoms with Gasteiger partial charge < -0.3 is 10.1 Å². The van der Waals surface area contributed by atoms with Crippen molar-refractivity contribution < 1.29 is 79.9 Å². The number of sulfonamides is 1. The summed E-state index contributed by atoms with van der Waals surface area (Å²) in [6.07, 6.45) is -10.2. The van der Waals surface area contributed by atoms with Crippen LogP contribution in [0.15, 0.2) is 42.5 Å². The number of sulfone groups is 1. The number of aromatic nitrogens is 5. The van der Waals surface area contributed by atoms with Crippen LogP contribution in [0.5, 0.6) is 0 Å². The number of halogens is 11. The molecule has 2 aromatic carbocycles. The average molecular weight is 1070 g/mol. The standard InChI is InChI=1S/C43H36ClF10N7O8S2/c1-6-69-39(64)38(63)61(71(5,67)68)37-32-28(44)10-9-25(34(32)60(58-37)19-41(47,48)49)24-8-7-23(11-12-40(2,3)70(4,65)66)55-33(24)29(15-20-13-21(45)16-22(46)14-20)56-30(62)18-59-36-31(35(57-59)43(52,53)54)26-17-27(26)42(36,50)51/h7-10,13-14,16,26-27,29H,6,15,17-19H2,1-5H3,(H,56,62)/t26-,27+,29-/m0/s1. The first-order valence-corrected chi connectivity index (χ1v) is 24.8. The highest BCUT2D eigenvalue weighted by atomic mass is 35.5. The van der Waals surface area contributed by atoms with Gasteiger partial charge in [-0.25, -0.2) is 35.4 Å². The highest BCUT2D eigenvalue weighted by Crippen LogP contribution is 2.68. The van der Waals surface area contributed by atoms with Gasteiger partial charge in [0.1, 0.15) is 40.9 Å². The zero-order valence-electron chi connectivity index (χ0n) is 37.2. The number of carbonyl (C=O) groups excluding carboxylic acids is 3. The van der Waals surface area contributed by atoms with E-state index in [1.54, 1.807) is 0 Å². The molecule has 3 atom stereocenters. The molecular formula is C43H36ClF10N7O8S2. The van der Waals surface area contributed by atoms with Crippen LogP contribution in [0.1, 0.15) is 73.1 Å². The monoisotopic (exact) mass is 1070 g/mol. The maximum atomic E-state index is 15.6. The summed E-state index contributed by atoms with van der Waals surface area (Å²) in [7, 11) is -8.90. The van der Waals surface area contributed by atoms with Crippen LogP contribution < -0.4 is 9.62 Å². The molecule has 0 spiro atoms. The Kier molecular flexibility index (Phi) is 13.4. The third-order valence-corrected chi connectivity index (χ3v) is 14.7. The normalized spacial score (nSPS) is 17.0. The van der Waals surface area contributed by atoms with E-state index < -0.39 is 166 Å². The molecule has 71 heavy (non-hydrogen) atoms. The third-order valence-electron chi connectivity index (χ3n) is 11.5. The maximum absolute atomic E-state index is 15.6. The molecule has 2 aliphatic carbocycles. The molecule has 0 radical (unpaired) electrons. The number of hydrogen-bond donors (Lipinski definition) is 1. The van der Waals surface area contributed by atoms with Crippen molar-refractivity contribution in [2.24, 2.45) is 5.92 Å². The quantitative estimate of drug-likeness (QED) is 0.0578. The summed E-state index contributed by atoms with van der Waals surface area (Å²) in [5.41, 5.74) is -6.22. The highest BCUT2D eigenvalue weighted by Gasteiger charge is 2.68. The lowest BCUT2D eigenvalue weighted by molar-refractivity contribution is -0.152. The largest absolute Gasteiger partial charge is 0.459 e. The van der Waals surface area contributed by atoms with Gasteiger partial charge >= 0.3 is 24.2 Å². The second-order valence-corrected chi connectivity index (χ2v) is 21.9. The molecule has 7 rings (SSSR count). The number of nitrogens with one attached hydrogen (secondary N) is 1. The topological polar surface area (TPSA) is 193 Å². The van der Waals surface area contributed by atoms with Crippen molar-refractivity contribution >= 4 is 66.0 Å². The van der Waals surface area contributed by atoms with E-state index in [9.17, 15) is 66.3 Å². The van der Waals surface area contributed by atoms with E-state index in [-0.39, 0.29) is 36.9 Å². The molecule has 3 heterocycles. The van der Waals surface area contributed by atoms with Crippen molar-refractivity contribution in [3.05, 3.63) is 93.0 Å². The summed E-state index contributed by atoms with van der Waals surface area (Å²) in [4.78, 5) is 44.7. The molecule has 3 aromatic heterocycles. The number of pyridine rings is 1. The number of esters is 1. The molecule has 15 nitrogen and oxygen atoms in total. The minimum Gasteiger partial charge on any atom is -0.459 e. The lowest BCUT2D eigenvalue weighted by atomic mass is 9.93. The van der Waals surface area contributed by atoms with E-state index in [1.807, 2.05) is 0 Å². The van der Waals surface area contributed by atoms with E-state index in [0.29, 0.717) is 12.3 Å². The van der Waals surface area contributed by atoms with Crippen LogP contribution in [-0.2, 0) is 70.6 Å². The number of carbonyl (C=O) groups is 3. The molecule has 28 heteroatoms. The number of benzene rings is 2. The summed E-state index contributed by atoms with van der Waals surface area (Å²) < 4.78 is 201. The Morgan fingerprint density at radius 1 is 0.958 bits per heavy atom. The fraction of sp³-hybridized carbons (Fsp3) is 0.395. The Morgan fingerprint density at radius 2 is 1.59 bits per heavy atom. The maximum Gasteiger partial charge on any atom is 0.435 e. The van der Waals surface area contributed by atoms with Crippen molar-refractivity contribution in [1.82, 2.24) is 29.9 Å². The third kappa shape index (κ3) is 10.4. The van der Waals surface area contributed by atoms with Gasteiger partial charge in [0.15, 0.2) is 21.3 Å². The van der Waals surface area contributed by atoms with Gasteiger partial charge in [-0.2, -0.15) is 49.6 Å². The zero-order valence-corrected chi connectivity index (χ0v) is 39.6.